The fourth-order valence-electron chi connectivity index (χ4n) is 2.59. The van der Waals surface area contributed by atoms with Crippen LogP contribution < -0.4 is 0 Å². The Hall–Kier alpha value is -2.13. The molecule has 3 rings (SSSR count). The number of hydrogen-bond acceptors (Lipinski definition) is 2. The largest absolute Gasteiger partial charge is 0.380 e. The molecular formula is C17H17NO2. The Morgan fingerprint density at radius 2 is 1.50 bits per heavy atom. The Balaban J connectivity index is 2.30. The summed E-state index contributed by atoms with van der Waals surface area (Å²) in [5, 5.41) is 12.6. The summed E-state index contributed by atoms with van der Waals surface area (Å²) < 4.78 is 2.02. The van der Waals surface area contributed by atoms with Crippen molar-refractivity contribution >= 4 is 27.6 Å². The van der Waals surface area contributed by atoms with Gasteiger partial charge in [0, 0.05) is 21.8 Å². The van der Waals surface area contributed by atoms with Gasteiger partial charge in [0.1, 0.15) is 5.60 Å². The van der Waals surface area contributed by atoms with Gasteiger partial charge >= 0.3 is 0 Å². The van der Waals surface area contributed by atoms with Gasteiger partial charge < -0.3 is 9.67 Å². The summed E-state index contributed by atoms with van der Waals surface area (Å²) >= 11 is 0. The molecule has 1 N–H and O–H groups in total. The van der Waals surface area contributed by atoms with Crippen molar-refractivity contribution in [2.75, 3.05) is 0 Å². The third-order valence-corrected chi connectivity index (χ3v) is 3.90. The van der Waals surface area contributed by atoms with Crippen LogP contribution in [0.3, 0.4) is 0 Å². The summed E-state index contributed by atoms with van der Waals surface area (Å²) in [6, 6.07) is 16.1. The van der Waals surface area contributed by atoms with Gasteiger partial charge in [0.2, 0.25) is 0 Å². The summed E-state index contributed by atoms with van der Waals surface area (Å²) in [5.41, 5.74) is 0.718. The standard InChI is InChI=1S/C17H17NO2/c1-12(19)17(2,20)11-18-15-9-5-3-7-13(15)14-8-4-6-10-16(14)18/h3-10,20H,11H2,1-2H3/t17-/m0/s1. The van der Waals surface area contributed by atoms with Gasteiger partial charge in [0.05, 0.1) is 6.54 Å². The fourth-order valence-corrected chi connectivity index (χ4v) is 2.59. The third kappa shape index (κ3) is 1.91. The highest BCUT2D eigenvalue weighted by Crippen LogP contribution is 2.30. The van der Waals surface area contributed by atoms with Gasteiger partial charge in [-0.2, -0.15) is 0 Å². The molecule has 0 amide bonds. The maximum absolute atomic E-state index is 11.6. The van der Waals surface area contributed by atoms with E-state index >= 15 is 0 Å². The van der Waals surface area contributed by atoms with E-state index in [1.54, 1.807) is 6.92 Å². The molecule has 1 aromatic heterocycles. The Morgan fingerprint density at radius 3 is 1.95 bits per heavy atom. The average molecular weight is 267 g/mol. The second kappa shape index (κ2) is 4.46. The minimum atomic E-state index is -1.36. The van der Waals surface area contributed by atoms with Gasteiger partial charge in [-0.15, -0.1) is 0 Å². The van der Waals surface area contributed by atoms with Crippen LogP contribution in [0.2, 0.25) is 0 Å². The Labute approximate surface area is 117 Å². The summed E-state index contributed by atoms with van der Waals surface area (Å²) in [6.45, 7) is 3.25. The van der Waals surface area contributed by atoms with E-state index in [2.05, 4.69) is 12.1 Å². The molecule has 0 aliphatic rings. The van der Waals surface area contributed by atoms with Crippen molar-refractivity contribution in [3.63, 3.8) is 0 Å². The van der Waals surface area contributed by atoms with Crippen LogP contribution in [-0.2, 0) is 11.3 Å². The fraction of sp³-hybridized carbons (Fsp3) is 0.235. The molecule has 0 aliphatic heterocycles. The highest BCUT2D eigenvalue weighted by Gasteiger charge is 2.28. The van der Waals surface area contributed by atoms with Gasteiger partial charge in [-0.25, -0.2) is 0 Å². The first kappa shape index (κ1) is 12.9. The van der Waals surface area contributed by atoms with Crippen LogP contribution in [0.25, 0.3) is 21.8 Å². The molecule has 0 bridgehead atoms. The van der Waals surface area contributed by atoms with E-state index in [1.807, 2.05) is 41.0 Å². The van der Waals surface area contributed by atoms with Crippen molar-refractivity contribution < 1.29 is 9.90 Å². The molecule has 20 heavy (non-hydrogen) atoms. The van der Waals surface area contributed by atoms with Gasteiger partial charge in [0.15, 0.2) is 5.78 Å². The van der Waals surface area contributed by atoms with E-state index in [0.29, 0.717) is 0 Å². The number of fused-ring (bicyclic) bond motifs is 3. The van der Waals surface area contributed by atoms with Crippen molar-refractivity contribution in [2.24, 2.45) is 0 Å². The topological polar surface area (TPSA) is 42.2 Å². The van der Waals surface area contributed by atoms with E-state index in [4.69, 9.17) is 0 Å². The molecule has 0 unspecified atom stereocenters. The van der Waals surface area contributed by atoms with Gasteiger partial charge in [0.25, 0.3) is 0 Å². The lowest BCUT2D eigenvalue weighted by Crippen LogP contribution is -2.37. The van der Waals surface area contributed by atoms with Crippen LogP contribution >= 0.6 is 0 Å². The number of Topliss-reactive ketones (excluding diaryl/α,β-unsaturated/α-hetero) is 1. The molecule has 0 saturated heterocycles. The number of carbonyl (C=O) groups is 1. The number of nitrogens with zero attached hydrogens (tertiary/aromatic N) is 1. The van der Waals surface area contributed by atoms with E-state index in [1.165, 1.54) is 6.92 Å². The van der Waals surface area contributed by atoms with Crippen LogP contribution in [0, 0.1) is 0 Å². The van der Waals surface area contributed by atoms with Crippen LogP contribution in [0.15, 0.2) is 48.5 Å². The van der Waals surface area contributed by atoms with Gasteiger partial charge in [-0.1, -0.05) is 36.4 Å². The number of carbonyl (C=O) groups excluding carboxylic acids is 1. The Kier molecular flexibility index (Phi) is 2.87. The third-order valence-electron chi connectivity index (χ3n) is 3.90. The van der Waals surface area contributed by atoms with Crippen molar-refractivity contribution in [1.82, 2.24) is 4.57 Å². The lowest BCUT2D eigenvalue weighted by Gasteiger charge is -2.21. The van der Waals surface area contributed by atoms with Crippen molar-refractivity contribution in [3.8, 4) is 0 Å². The number of ketones is 1. The predicted molar refractivity (Wildman–Crippen MR) is 80.7 cm³/mol. The predicted octanol–water partition coefficient (Wildman–Crippen LogP) is 3.13. The van der Waals surface area contributed by atoms with Gasteiger partial charge in [-0.3, -0.25) is 4.79 Å². The van der Waals surface area contributed by atoms with Crippen LogP contribution in [0.5, 0.6) is 0 Å². The smallest absolute Gasteiger partial charge is 0.162 e. The summed E-state index contributed by atoms with van der Waals surface area (Å²) in [6.07, 6.45) is 0. The molecule has 0 spiro atoms. The Bertz CT molecular complexity index is 746. The van der Waals surface area contributed by atoms with Crippen molar-refractivity contribution in [1.29, 1.82) is 0 Å². The lowest BCUT2D eigenvalue weighted by molar-refractivity contribution is -0.134. The molecule has 1 heterocycles. The number of aliphatic hydroxyl groups is 1. The minimum absolute atomic E-state index is 0.223. The summed E-state index contributed by atoms with van der Waals surface area (Å²) in [4.78, 5) is 11.6. The van der Waals surface area contributed by atoms with Crippen LogP contribution in [0.1, 0.15) is 13.8 Å². The van der Waals surface area contributed by atoms with Crippen LogP contribution in [0.4, 0.5) is 0 Å². The lowest BCUT2D eigenvalue weighted by atomic mass is 10.0. The molecule has 3 nitrogen and oxygen atoms in total. The molecule has 0 radical (unpaired) electrons. The maximum atomic E-state index is 11.6. The highest BCUT2D eigenvalue weighted by atomic mass is 16.3. The van der Waals surface area contributed by atoms with Crippen LogP contribution in [-0.4, -0.2) is 21.1 Å². The van der Waals surface area contributed by atoms with E-state index in [9.17, 15) is 9.90 Å². The Morgan fingerprint density at radius 1 is 1.05 bits per heavy atom. The summed E-state index contributed by atoms with van der Waals surface area (Å²) in [7, 11) is 0. The molecule has 0 fully saturated rings. The maximum Gasteiger partial charge on any atom is 0.162 e. The molecule has 0 saturated carbocycles. The second-order valence-electron chi connectivity index (χ2n) is 5.45. The monoisotopic (exact) mass is 267 g/mol. The van der Waals surface area contributed by atoms with E-state index in [-0.39, 0.29) is 12.3 Å². The van der Waals surface area contributed by atoms with E-state index in [0.717, 1.165) is 21.8 Å². The number of hydrogen-bond donors (Lipinski definition) is 1. The first-order valence-corrected chi connectivity index (χ1v) is 6.70. The molecular weight excluding hydrogens is 250 g/mol. The zero-order valence-corrected chi connectivity index (χ0v) is 11.6. The normalized spacial score (nSPS) is 14.6. The average Bonchev–Trinajstić information content (AvgIpc) is 2.74. The molecule has 1 atom stereocenters. The summed E-state index contributed by atoms with van der Waals surface area (Å²) in [5.74, 6) is -0.223. The highest BCUT2D eigenvalue weighted by molar-refractivity contribution is 6.08. The number of aromatic nitrogens is 1. The molecule has 102 valence electrons. The number of para-hydroxylation sites is 2. The molecule has 3 heteroatoms. The molecule has 3 aromatic rings. The zero-order chi connectivity index (χ0) is 14.3. The molecule has 0 aliphatic carbocycles. The number of benzene rings is 2. The number of rotatable bonds is 3. The zero-order valence-electron chi connectivity index (χ0n) is 11.6. The van der Waals surface area contributed by atoms with E-state index < -0.39 is 5.60 Å². The van der Waals surface area contributed by atoms with Crippen molar-refractivity contribution in [2.45, 2.75) is 26.0 Å². The second-order valence-corrected chi connectivity index (χ2v) is 5.45. The first-order chi connectivity index (χ1) is 9.50. The minimum Gasteiger partial charge on any atom is -0.380 e. The molecule has 2 aromatic carbocycles. The van der Waals surface area contributed by atoms with Crippen molar-refractivity contribution in [3.05, 3.63) is 48.5 Å². The SMILES string of the molecule is CC(=O)[C@@](C)(O)Cn1c2ccccc2c2ccccc21. The first-order valence-electron chi connectivity index (χ1n) is 6.70. The van der Waals surface area contributed by atoms with Gasteiger partial charge in [-0.05, 0) is 26.0 Å². The quantitative estimate of drug-likeness (QED) is 0.792.